The highest BCUT2D eigenvalue weighted by Crippen LogP contribution is 2.17. The van der Waals surface area contributed by atoms with Crippen LogP contribution in [-0.2, 0) is 10.0 Å². The first-order valence-electron chi connectivity index (χ1n) is 7.30. The lowest BCUT2D eigenvalue weighted by Crippen LogP contribution is -2.32. The Morgan fingerprint density at radius 2 is 1.76 bits per heavy atom. The van der Waals surface area contributed by atoms with Gasteiger partial charge in [0.1, 0.15) is 12.4 Å². The summed E-state index contributed by atoms with van der Waals surface area (Å²) < 4.78 is 32.5. The van der Waals surface area contributed by atoms with Crippen molar-refractivity contribution in [3.8, 4) is 5.75 Å². The molecule has 21 heavy (non-hydrogen) atoms. The Hall–Kier alpha value is -1.11. The molecule has 0 saturated carbocycles. The van der Waals surface area contributed by atoms with E-state index in [9.17, 15) is 8.42 Å². The van der Waals surface area contributed by atoms with E-state index < -0.39 is 10.0 Å². The van der Waals surface area contributed by atoms with Crippen molar-refractivity contribution in [3.05, 3.63) is 24.3 Å². The van der Waals surface area contributed by atoms with Crippen molar-refractivity contribution in [2.24, 2.45) is 11.7 Å². The molecule has 1 rings (SSSR count). The number of rotatable bonds is 9. The monoisotopic (exact) mass is 314 g/mol. The summed E-state index contributed by atoms with van der Waals surface area (Å²) in [5.74, 6) is 1.18. The van der Waals surface area contributed by atoms with E-state index in [0.717, 1.165) is 12.8 Å². The second-order valence-corrected chi connectivity index (χ2v) is 7.32. The van der Waals surface area contributed by atoms with Crippen LogP contribution in [0.4, 0.5) is 0 Å². The highest BCUT2D eigenvalue weighted by atomic mass is 32.2. The molecule has 120 valence electrons. The Labute approximate surface area is 127 Å². The van der Waals surface area contributed by atoms with Gasteiger partial charge in [-0.3, -0.25) is 0 Å². The molecule has 0 saturated heterocycles. The Balaban J connectivity index is 2.65. The summed E-state index contributed by atoms with van der Waals surface area (Å²) in [7, 11) is -3.47. The second kappa shape index (κ2) is 8.36. The number of nitrogens with one attached hydrogen (secondary N) is 1. The van der Waals surface area contributed by atoms with Crippen molar-refractivity contribution in [2.45, 2.75) is 44.6 Å². The van der Waals surface area contributed by atoms with Crippen LogP contribution in [0.25, 0.3) is 0 Å². The first-order chi connectivity index (χ1) is 9.85. The van der Waals surface area contributed by atoms with E-state index in [1.807, 2.05) is 6.92 Å². The standard InChI is InChI=1S/C15H26N2O3S/c1-12(2)4-5-13(3)17-21(18,19)15-8-6-14(7-9-15)20-11-10-16/h6-9,12-13,17H,4-5,10-11,16H2,1-3H3. The normalized spacial score (nSPS) is 13.4. The number of ether oxygens (including phenoxy) is 1. The lowest BCUT2D eigenvalue weighted by molar-refractivity contribution is 0.328. The van der Waals surface area contributed by atoms with Crippen LogP contribution >= 0.6 is 0 Å². The SMILES string of the molecule is CC(C)CCC(C)NS(=O)(=O)c1ccc(OCCN)cc1. The summed E-state index contributed by atoms with van der Waals surface area (Å²) >= 11 is 0. The molecule has 3 N–H and O–H groups in total. The van der Waals surface area contributed by atoms with Crippen LogP contribution in [0.15, 0.2) is 29.2 Å². The fraction of sp³-hybridized carbons (Fsp3) is 0.600. The van der Waals surface area contributed by atoms with E-state index >= 15 is 0 Å². The molecule has 1 aromatic rings. The Kier molecular flexibility index (Phi) is 7.14. The van der Waals surface area contributed by atoms with Gasteiger partial charge in [0.2, 0.25) is 10.0 Å². The average Bonchev–Trinajstić information content (AvgIpc) is 2.43. The van der Waals surface area contributed by atoms with Crippen LogP contribution in [0.1, 0.15) is 33.6 Å². The number of hydrogen-bond donors (Lipinski definition) is 2. The number of benzene rings is 1. The van der Waals surface area contributed by atoms with Crippen LogP contribution in [-0.4, -0.2) is 27.6 Å². The third-order valence-corrected chi connectivity index (χ3v) is 4.66. The molecule has 1 unspecified atom stereocenters. The third kappa shape index (κ3) is 6.46. The molecule has 0 spiro atoms. The minimum Gasteiger partial charge on any atom is -0.492 e. The van der Waals surface area contributed by atoms with Gasteiger partial charge in [0, 0.05) is 12.6 Å². The van der Waals surface area contributed by atoms with Gasteiger partial charge in [-0.15, -0.1) is 0 Å². The molecule has 1 aromatic carbocycles. The number of hydrogen-bond acceptors (Lipinski definition) is 4. The van der Waals surface area contributed by atoms with E-state index in [-0.39, 0.29) is 10.9 Å². The maximum Gasteiger partial charge on any atom is 0.240 e. The van der Waals surface area contributed by atoms with Gasteiger partial charge < -0.3 is 10.5 Å². The molecule has 0 heterocycles. The summed E-state index contributed by atoms with van der Waals surface area (Å²) in [5, 5.41) is 0. The fourth-order valence-corrected chi connectivity index (χ4v) is 3.14. The molecule has 0 aliphatic heterocycles. The van der Waals surface area contributed by atoms with Crippen molar-refractivity contribution in [1.82, 2.24) is 4.72 Å². The highest BCUT2D eigenvalue weighted by Gasteiger charge is 2.17. The first-order valence-corrected chi connectivity index (χ1v) is 8.78. The zero-order chi connectivity index (χ0) is 15.9. The van der Waals surface area contributed by atoms with Crippen molar-refractivity contribution >= 4 is 10.0 Å². The van der Waals surface area contributed by atoms with Gasteiger partial charge >= 0.3 is 0 Å². The number of nitrogens with two attached hydrogens (primary N) is 1. The smallest absolute Gasteiger partial charge is 0.240 e. The Bertz CT molecular complexity index is 512. The lowest BCUT2D eigenvalue weighted by atomic mass is 10.1. The molecule has 0 bridgehead atoms. The molecule has 0 aliphatic rings. The predicted octanol–water partition coefficient (Wildman–Crippen LogP) is 2.13. The largest absolute Gasteiger partial charge is 0.492 e. The lowest BCUT2D eigenvalue weighted by Gasteiger charge is -2.15. The zero-order valence-corrected chi connectivity index (χ0v) is 13.8. The molecule has 0 radical (unpaired) electrons. The van der Waals surface area contributed by atoms with E-state index in [1.54, 1.807) is 24.3 Å². The van der Waals surface area contributed by atoms with Gasteiger partial charge in [-0.05, 0) is 49.9 Å². The molecule has 0 aromatic heterocycles. The average molecular weight is 314 g/mol. The molecule has 5 nitrogen and oxygen atoms in total. The van der Waals surface area contributed by atoms with E-state index in [4.69, 9.17) is 10.5 Å². The van der Waals surface area contributed by atoms with Crippen LogP contribution in [0, 0.1) is 5.92 Å². The minimum atomic E-state index is -3.47. The topological polar surface area (TPSA) is 81.4 Å². The summed E-state index contributed by atoms with van der Waals surface area (Å²) in [6, 6.07) is 6.30. The van der Waals surface area contributed by atoms with Crippen molar-refractivity contribution < 1.29 is 13.2 Å². The minimum absolute atomic E-state index is 0.0782. The van der Waals surface area contributed by atoms with Crippen LogP contribution in [0.5, 0.6) is 5.75 Å². The molecule has 0 amide bonds. The van der Waals surface area contributed by atoms with Crippen LogP contribution in [0.3, 0.4) is 0 Å². The zero-order valence-electron chi connectivity index (χ0n) is 13.0. The fourth-order valence-electron chi connectivity index (χ4n) is 1.87. The third-order valence-electron chi connectivity index (χ3n) is 3.05. The van der Waals surface area contributed by atoms with Crippen molar-refractivity contribution in [1.29, 1.82) is 0 Å². The van der Waals surface area contributed by atoms with E-state index in [1.165, 1.54) is 0 Å². The van der Waals surface area contributed by atoms with Crippen LogP contribution < -0.4 is 15.2 Å². The van der Waals surface area contributed by atoms with Gasteiger partial charge in [-0.25, -0.2) is 13.1 Å². The van der Waals surface area contributed by atoms with Crippen LogP contribution in [0.2, 0.25) is 0 Å². The summed E-state index contributed by atoms with van der Waals surface area (Å²) in [6.07, 6.45) is 1.82. The second-order valence-electron chi connectivity index (χ2n) is 5.60. The predicted molar refractivity (Wildman–Crippen MR) is 84.8 cm³/mol. The maximum atomic E-state index is 12.2. The van der Waals surface area contributed by atoms with E-state index in [2.05, 4.69) is 18.6 Å². The highest BCUT2D eigenvalue weighted by molar-refractivity contribution is 7.89. The summed E-state index contributed by atoms with van der Waals surface area (Å²) in [6.45, 7) is 6.98. The van der Waals surface area contributed by atoms with Crippen molar-refractivity contribution in [2.75, 3.05) is 13.2 Å². The molecule has 6 heteroatoms. The van der Waals surface area contributed by atoms with E-state index in [0.29, 0.717) is 24.8 Å². The first kappa shape index (κ1) is 17.9. The summed E-state index contributed by atoms with van der Waals surface area (Å²) in [4.78, 5) is 0.249. The van der Waals surface area contributed by atoms with Gasteiger partial charge in [-0.1, -0.05) is 13.8 Å². The molecular formula is C15H26N2O3S. The molecule has 1 atom stereocenters. The molecule has 0 aliphatic carbocycles. The molecular weight excluding hydrogens is 288 g/mol. The van der Waals surface area contributed by atoms with Gasteiger partial charge in [0.25, 0.3) is 0 Å². The maximum absolute atomic E-state index is 12.2. The molecule has 0 fully saturated rings. The summed E-state index contributed by atoms with van der Waals surface area (Å²) in [5.41, 5.74) is 5.35. The Morgan fingerprint density at radius 1 is 1.14 bits per heavy atom. The van der Waals surface area contributed by atoms with Gasteiger partial charge in [0.15, 0.2) is 0 Å². The van der Waals surface area contributed by atoms with Gasteiger partial charge in [0.05, 0.1) is 4.90 Å². The van der Waals surface area contributed by atoms with Crippen molar-refractivity contribution in [3.63, 3.8) is 0 Å². The Morgan fingerprint density at radius 3 is 2.29 bits per heavy atom. The quantitative estimate of drug-likeness (QED) is 0.731. The van der Waals surface area contributed by atoms with Gasteiger partial charge in [-0.2, -0.15) is 0 Å². The number of sulfonamides is 1.